The molecule has 6 rings (SSSR count). The maximum atomic E-state index is 13.7. The van der Waals surface area contributed by atoms with Crippen LogP contribution in [0, 0.1) is 0 Å². The van der Waals surface area contributed by atoms with E-state index >= 15 is 0 Å². The molecule has 39 heavy (non-hydrogen) atoms. The minimum atomic E-state index is -0.720. The average Bonchev–Trinajstić information content (AvgIpc) is 2.98. The van der Waals surface area contributed by atoms with Crippen molar-refractivity contribution in [3.8, 4) is 0 Å². The molecule has 0 spiro atoms. The number of aliphatic hydroxyl groups is 1. The molecule has 8 nitrogen and oxygen atoms in total. The molecule has 0 amide bonds. The van der Waals surface area contributed by atoms with Crippen molar-refractivity contribution in [3.63, 3.8) is 0 Å². The summed E-state index contributed by atoms with van der Waals surface area (Å²) < 4.78 is 12.2. The molecule has 4 aromatic rings. The highest BCUT2D eigenvalue weighted by molar-refractivity contribution is 6.06. The topological polar surface area (TPSA) is 80.1 Å². The van der Waals surface area contributed by atoms with Gasteiger partial charge in [0.25, 0.3) is 5.56 Å². The van der Waals surface area contributed by atoms with E-state index in [-0.39, 0.29) is 18.2 Å². The van der Waals surface area contributed by atoms with Crippen LogP contribution in [-0.4, -0.2) is 85.3 Å². The zero-order valence-corrected chi connectivity index (χ0v) is 22.5. The van der Waals surface area contributed by atoms with Crippen LogP contribution in [0.15, 0.2) is 65.7 Å². The number of aliphatic hydroxyl groups excluding tert-OH is 1. The number of ether oxygens (including phenoxy) is 2. The first-order valence-electron chi connectivity index (χ1n) is 13.8. The van der Waals surface area contributed by atoms with Crippen LogP contribution in [-0.2, 0) is 15.9 Å². The monoisotopic (exact) mass is 528 g/mol. The lowest BCUT2D eigenvalue weighted by Crippen LogP contribution is -2.47. The molecule has 0 aliphatic carbocycles. The number of nitrogens with zero attached hydrogens (tertiary/aromatic N) is 4. The molecule has 1 N–H and O–H groups in total. The molecule has 3 aromatic carbocycles. The summed E-state index contributed by atoms with van der Waals surface area (Å²) in [6.07, 6.45) is 2.17. The first-order chi connectivity index (χ1) is 19.1. The van der Waals surface area contributed by atoms with Gasteiger partial charge in [0.15, 0.2) is 0 Å². The molecule has 2 aliphatic heterocycles. The van der Waals surface area contributed by atoms with Crippen LogP contribution >= 0.6 is 0 Å². The van der Waals surface area contributed by atoms with E-state index in [1.165, 1.54) is 11.3 Å². The van der Waals surface area contributed by atoms with Gasteiger partial charge in [-0.15, -0.1) is 0 Å². The molecule has 2 fully saturated rings. The minimum Gasteiger partial charge on any atom is -0.389 e. The molecule has 2 saturated heterocycles. The molecule has 1 unspecified atom stereocenters. The smallest absolute Gasteiger partial charge is 0.261 e. The largest absolute Gasteiger partial charge is 0.389 e. The third-order valence-corrected chi connectivity index (χ3v) is 8.21. The van der Waals surface area contributed by atoms with E-state index in [1.807, 2.05) is 24.3 Å². The Bertz CT molecular complexity index is 1490. The summed E-state index contributed by atoms with van der Waals surface area (Å²) >= 11 is 0. The molecular formula is C31H36N4O4. The molecule has 8 heteroatoms. The number of anilines is 1. The number of piperazine rings is 1. The first kappa shape index (κ1) is 26.0. The molecule has 2 aliphatic rings. The Labute approximate surface area is 228 Å². The lowest BCUT2D eigenvalue weighted by molar-refractivity contribution is -0.0395. The van der Waals surface area contributed by atoms with Gasteiger partial charge in [0.2, 0.25) is 0 Å². The summed E-state index contributed by atoms with van der Waals surface area (Å²) in [6, 6.07) is 18.7. The van der Waals surface area contributed by atoms with E-state index in [4.69, 9.17) is 14.5 Å². The molecule has 1 aromatic heterocycles. The van der Waals surface area contributed by atoms with Crippen molar-refractivity contribution in [2.75, 3.05) is 64.6 Å². The number of hydrogen-bond donors (Lipinski definition) is 1. The normalized spacial score (nSPS) is 20.6. The van der Waals surface area contributed by atoms with Gasteiger partial charge in [-0.05, 0) is 47.6 Å². The maximum Gasteiger partial charge on any atom is 0.261 e. The van der Waals surface area contributed by atoms with Crippen molar-refractivity contribution in [1.29, 1.82) is 0 Å². The summed E-state index contributed by atoms with van der Waals surface area (Å²) in [5, 5.41) is 13.2. The van der Waals surface area contributed by atoms with Gasteiger partial charge < -0.3 is 19.5 Å². The number of aromatic nitrogens is 2. The van der Waals surface area contributed by atoms with E-state index in [9.17, 15) is 9.90 Å². The van der Waals surface area contributed by atoms with Crippen LogP contribution in [0.2, 0.25) is 0 Å². The van der Waals surface area contributed by atoms with Crippen LogP contribution in [0.3, 0.4) is 0 Å². The van der Waals surface area contributed by atoms with Gasteiger partial charge in [0.05, 0.1) is 42.6 Å². The molecule has 0 radical (unpaired) electrons. The van der Waals surface area contributed by atoms with Crippen molar-refractivity contribution in [1.82, 2.24) is 14.5 Å². The third kappa shape index (κ3) is 5.30. The summed E-state index contributed by atoms with van der Waals surface area (Å²) in [4.78, 5) is 23.3. The van der Waals surface area contributed by atoms with Crippen LogP contribution < -0.4 is 10.5 Å². The molecule has 204 valence electrons. The van der Waals surface area contributed by atoms with Crippen molar-refractivity contribution in [2.24, 2.45) is 0 Å². The number of rotatable bonds is 7. The highest BCUT2D eigenvalue weighted by Gasteiger charge is 2.27. The average molecular weight is 529 g/mol. The Kier molecular flexibility index (Phi) is 7.61. The zero-order chi connectivity index (χ0) is 26.8. The Morgan fingerprint density at radius 1 is 1.03 bits per heavy atom. The SMILES string of the molecule is COCCN1CCN(c2ccc(Cc3cc4c(=O)n(C5CCOC[C@@H]5O)cnc4c4ccccc34)cc2)CC1. The summed E-state index contributed by atoms with van der Waals surface area (Å²) in [7, 11) is 1.75. The second-order valence-electron chi connectivity index (χ2n) is 10.6. The Morgan fingerprint density at radius 3 is 2.54 bits per heavy atom. The number of benzene rings is 3. The predicted octanol–water partition coefficient (Wildman–Crippen LogP) is 3.23. The molecule has 0 saturated carbocycles. The molecule has 2 atom stereocenters. The highest BCUT2D eigenvalue weighted by Crippen LogP contribution is 2.29. The summed E-state index contributed by atoms with van der Waals surface area (Å²) in [6.45, 7) is 6.64. The van der Waals surface area contributed by atoms with Crippen molar-refractivity contribution in [2.45, 2.75) is 25.0 Å². The Morgan fingerprint density at radius 2 is 1.79 bits per heavy atom. The van der Waals surface area contributed by atoms with Gasteiger partial charge in [-0.1, -0.05) is 36.4 Å². The van der Waals surface area contributed by atoms with Gasteiger partial charge in [0.1, 0.15) is 0 Å². The van der Waals surface area contributed by atoms with Crippen molar-refractivity contribution >= 4 is 27.4 Å². The van der Waals surface area contributed by atoms with Gasteiger partial charge >= 0.3 is 0 Å². The van der Waals surface area contributed by atoms with Gasteiger partial charge in [-0.25, -0.2) is 4.98 Å². The van der Waals surface area contributed by atoms with Crippen LogP contribution in [0.5, 0.6) is 0 Å². The Hall–Kier alpha value is -3.30. The molecule has 3 heterocycles. The van der Waals surface area contributed by atoms with Gasteiger partial charge in [-0.2, -0.15) is 0 Å². The van der Waals surface area contributed by atoms with Crippen LogP contribution in [0.25, 0.3) is 21.7 Å². The lowest BCUT2D eigenvalue weighted by Gasteiger charge is -2.36. The minimum absolute atomic E-state index is 0.113. The fraction of sp³-hybridized carbons (Fsp3) is 0.419. The van der Waals surface area contributed by atoms with Gasteiger partial charge in [0, 0.05) is 57.5 Å². The third-order valence-electron chi connectivity index (χ3n) is 8.21. The Balaban J connectivity index is 1.28. The quantitative estimate of drug-likeness (QED) is 0.369. The van der Waals surface area contributed by atoms with E-state index < -0.39 is 6.10 Å². The van der Waals surface area contributed by atoms with E-state index in [0.717, 1.165) is 62.1 Å². The summed E-state index contributed by atoms with van der Waals surface area (Å²) in [5.74, 6) is 0. The second kappa shape index (κ2) is 11.4. The number of hydrogen-bond acceptors (Lipinski definition) is 7. The van der Waals surface area contributed by atoms with Crippen molar-refractivity contribution in [3.05, 3.63) is 82.4 Å². The van der Waals surface area contributed by atoms with E-state index in [0.29, 0.717) is 23.9 Å². The molecular weight excluding hydrogens is 492 g/mol. The number of fused-ring (bicyclic) bond motifs is 3. The second-order valence-corrected chi connectivity index (χ2v) is 10.6. The van der Waals surface area contributed by atoms with E-state index in [1.54, 1.807) is 18.0 Å². The fourth-order valence-electron chi connectivity index (χ4n) is 5.96. The maximum absolute atomic E-state index is 13.7. The highest BCUT2D eigenvalue weighted by atomic mass is 16.5. The standard InChI is InChI=1S/C31H36N4O4/c1-38-17-15-33-11-13-34(14-12-33)24-8-6-22(7-9-24)18-23-19-27-30(26-5-3-2-4-25(23)26)32-21-35(31(27)37)28-10-16-39-20-29(28)36/h2-9,19,21,28-29,36H,10-18,20H2,1H3/t28?,29-/m0/s1. The van der Waals surface area contributed by atoms with Crippen LogP contribution in [0.1, 0.15) is 23.6 Å². The number of methoxy groups -OCH3 is 1. The predicted molar refractivity (Wildman–Crippen MR) is 154 cm³/mol. The lowest BCUT2D eigenvalue weighted by atomic mass is 9.95. The van der Waals surface area contributed by atoms with Gasteiger partial charge in [-0.3, -0.25) is 14.3 Å². The van der Waals surface area contributed by atoms with Crippen LogP contribution in [0.4, 0.5) is 5.69 Å². The molecule has 0 bridgehead atoms. The first-order valence-corrected chi connectivity index (χ1v) is 13.8. The van der Waals surface area contributed by atoms with E-state index in [2.05, 4.69) is 40.1 Å². The van der Waals surface area contributed by atoms with Crippen molar-refractivity contribution < 1.29 is 14.6 Å². The fourth-order valence-corrected chi connectivity index (χ4v) is 5.96. The zero-order valence-electron chi connectivity index (χ0n) is 22.5. The summed E-state index contributed by atoms with van der Waals surface area (Å²) in [5.41, 5.74) is 4.14.